The second kappa shape index (κ2) is 13.5. The molecule has 274 valence electrons. The molecule has 0 atom stereocenters. The minimum Gasteiger partial charge on any atom is -0.310 e. The maximum absolute atomic E-state index is 2.47. The van der Waals surface area contributed by atoms with E-state index in [0.717, 1.165) is 17.1 Å². The first-order chi connectivity index (χ1) is 28.5. The number of nitrogens with zero attached hydrogens (tertiary/aromatic N) is 1. The number of rotatable bonds is 6. The van der Waals surface area contributed by atoms with E-state index in [1.54, 1.807) is 0 Å². The van der Waals surface area contributed by atoms with Crippen LogP contribution in [0.15, 0.2) is 212 Å². The van der Waals surface area contributed by atoms with Crippen LogP contribution in [0.2, 0.25) is 0 Å². The van der Waals surface area contributed by atoms with E-state index in [0.29, 0.717) is 0 Å². The summed E-state index contributed by atoms with van der Waals surface area (Å²) in [5.74, 6) is 0. The van der Waals surface area contributed by atoms with E-state index >= 15 is 0 Å². The molecule has 0 saturated carbocycles. The Morgan fingerprint density at radius 3 is 1.76 bits per heavy atom. The average Bonchev–Trinajstić information content (AvgIpc) is 3.52. The van der Waals surface area contributed by atoms with Gasteiger partial charge in [-0.15, -0.1) is 0 Å². The Morgan fingerprint density at radius 2 is 0.897 bits per heavy atom. The van der Waals surface area contributed by atoms with Gasteiger partial charge in [-0.3, -0.25) is 0 Å². The lowest BCUT2D eigenvalue weighted by molar-refractivity contribution is 0.660. The highest BCUT2D eigenvalue weighted by atomic mass is 15.1. The number of fused-ring (bicyclic) bond motifs is 7. The fraction of sp³-hybridized carbons (Fsp3) is 0.0526. The molecule has 0 aromatic heterocycles. The quantitative estimate of drug-likeness (QED) is 0.154. The predicted molar refractivity (Wildman–Crippen MR) is 248 cm³/mol. The Bertz CT molecular complexity index is 3220. The maximum atomic E-state index is 2.47. The zero-order valence-corrected chi connectivity index (χ0v) is 32.7. The molecule has 10 aromatic rings. The molecule has 0 amide bonds. The third kappa shape index (κ3) is 5.46. The van der Waals surface area contributed by atoms with Crippen LogP contribution >= 0.6 is 0 Å². The van der Waals surface area contributed by atoms with Gasteiger partial charge in [0.05, 0.1) is 5.69 Å². The lowest BCUT2D eigenvalue weighted by Gasteiger charge is -2.29. The smallest absolute Gasteiger partial charge is 0.0540 e. The first kappa shape index (κ1) is 34.1. The molecular weight excluding hydrogens is 699 g/mol. The summed E-state index contributed by atoms with van der Waals surface area (Å²) in [7, 11) is 0. The summed E-state index contributed by atoms with van der Waals surface area (Å²) < 4.78 is 0. The molecule has 0 N–H and O–H groups in total. The molecule has 0 spiro atoms. The highest BCUT2D eigenvalue weighted by Crippen LogP contribution is 2.54. The SMILES string of the molecule is CC1(C)c2ccccc2-c2c(-c3ccccc3N(c3cccc(-c4ccc5ccccc5c4)c3)c3cccc(-c4cccc5c4ccc4ccccc45)c3)cccc21. The number of anilines is 3. The van der Waals surface area contributed by atoms with Crippen LogP contribution in [-0.2, 0) is 5.41 Å². The number of benzene rings is 10. The maximum Gasteiger partial charge on any atom is 0.0540 e. The van der Waals surface area contributed by atoms with Crippen LogP contribution in [0.25, 0.3) is 76.8 Å². The summed E-state index contributed by atoms with van der Waals surface area (Å²) in [6, 6.07) is 78.3. The molecule has 0 heterocycles. The van der Waals surface area contributed by atoms with Crippen LogP contribution in [0, 0.1) is 0 Å². The summed E-state index contributed by atoms with van der Waals surface area (Å²) in [5, 5.41) is 7.55. The van der Waals surface area contributed by atoms with Gasteiger partial charge in [-0.25, -0.2) is 0 Å². The van der Waals surface area contributed by atoms with Gasteiger partial charge in [0.1, 0.15) is 0 Å². The molecule has 1 aliphatic rings. The van der Waals surface area contributed by atoms with Crippen molar-refractivity contribution in [3.8, 4) is 44.5 Å². The molecule has 1 heteroatoms. The zero-order valence-electron chi connectivity index (χ0n) is 32.7. The number of para-hydroxylation sites is 1. The standard InChI is InChI=1S/C57H41N/c1-57(2)53-28-9-7-24-52(53)56-51(27-14-29-54(56)57)50-23-8-10-30-55(50)58(44-20-11-18-41(36-44)42-32-31-38-15-3-4-17-40(38)35-42)45-21-12-19-43(37-45)47-25-13-26-48-46-22-6-5-16-39(46)33-34-49(47)48/h3-37H,1-2H3. The Labute approximate surface area is 340 Å². The minimum atomic E-state index is -0.0944. The number of hydrogen-bond donors (Lipinski definition) is 0. The molecule has 58 heavy (non-hydrogen) atoms. The van der Waals surface area contributed by atoms with Crippen molar-refractivity contribution >= 4 is 49.4 Å². The molecule has 11 rings (SSSR count). The Hall–Kier alpha value is -7.22. The third-order valence-corrected chi connectivity index (χ3v) is 12.4. The van der Waals surface area contributed by atoms with Gasteiger partial charge >= 0.3 is 0 Å². The van der Waals surface area contributed by atoms with Crippen molar-refractivity contribution in [3.05, 3.63) is 223 Å². The average molecular weight is 740 g/mol. The van der Waals surface area contributed by atoms with Gasteiger partial charge < -0.3 is 4.90 Å². The van der Waals surface area contributed by atoms with Crippen LogP contribution in [0.4, 0.5) is 17.1 Å². The second-order valence-corrected chi connectivity index (χ2v) is 16.1. The van der Waals surface area contributed by atoms with Crippen molar-refractivity contribution in [2.24, 2.45) is 0 Å². The zero-order chi connectivity index (χ0) is 38.8. The summed E-state index contributed by atoms with van der Waals surface area (Å²) in [5.41, 5.74) is 15.9. The fourth-order valence-electron chi connectivity index (χ4n) is 9.60. The van der Waals surface area contributed by atoms with Crippen LogP contribution in [0.5, 0.6) is 0 Å². The van der Waals surface area contributed by atoms with E-state index in [2.05, 4.69) is 231 Å². The predicted octanol–water partition coefficient (Wildman–Crippen LogP) is 15.9. The molecule has 0 saturated heterocycles. The van der Waals surface area contributed by atoms with E-state index in [1.165, 1.54) is 88.0 Å². The van der Waals surface area contributed by atoms with Crippen molar-refractivity contribution in [3.63, 3.8) is 0 Å². The monoisotopic (exact) mass is 739 g/mol. The fourth-order valence-corrected chi connectivity index (χ4v) is 9.60. The Balaban J connectivity index is 1.13. The summed E-state index contributed by atoms with van der Waals surface area (Å²) in [6.07, 6.45) is 0. The lowest BCUT2D eigenvalue weighted by atomic mass is 9.82. The molecule has 1 nitrogen and oxygen atoms in total. The van der Waals surface area contributed by atoms with E-state index in [-0.39, 0.29) is 5.41 Å². The summed E-state index contributed by atoms with van der Waals surface area (Å²) >= 11 is 0. The van der Waals surface area contributed by atoms with Crippen LogP contribution in [0.1, 0.15) is 25.0 Å². The van der Waals surface area contributed by atoms with Gasteiger partial charge in [-0.2, -0.15) is 0 Å². The molecule has 0 fully saturated rings. The first-order valence-corrected chi connectivity index (χ1v) is 20.3. The van der Waals surface area contributed by atoms with Gasteiger partial charge in [-0.05, 0) is 119 Å². The van der Waals surface area contributed by atoms with Gasteiger partial charge in [0.2, 0.25) is 0 Å². The summed E-state index contributed by atoms with van der Waals surface area (Å²) in [6.45, 7) is 4.72. The van der Waals surface area contributed by atoms with Crippen LogP contribution in [0.3, 0.4) is 0 Å². The molecule has 0 radical (unpaired) electrons. The molecule has 0 aliphatic heterocycles. The topological polar surface area (TPSA) is 3.24 Å². The summed E-state index contributed by atoms with van der Waals surface area (Å²) in [4.78, 5) is 2.47. The highest BCUT2D eigenvalue weighted by molar-refractivity contribution is 6.12. The Morgan fingerprint density at radius 1 is 0.328 bits per heavy atom. The van der Waals surface area contributed by atoms with E-state index < -0.39 is 0 Å². The highest BCUT2D eigenvalue weighted by Gasteiger charge is 2.37. The lowest BCUT2D eigenvalue weighted by Crippen LogP contribution is -2.15. The normalized spacial score (nSPS) is 12.8. The van der Waals surface area contributed by atoms with Gasteiger partial charge in [0, 0.05) is 22.4 Å². The van der Waals surface area contributed by atoms with Crippen molar-refractivity contribution in [1.82, 2.24) is 0 Å². The largest absolute Gasteiger partial charge is 0.310 e. The van der Waals surface area contributed by atoms with Crippen LogP contribution in [-0.4, -0.2) is 0 Å². The first-order valence-electron chi connectivity index (χ1n) is 20.3. The van der Waals surface area contributed by atoms with Crippen LogP contribution < -0.4 is 4.90 Å². The molecule has 0 bridgehead atoms. The minimum absolute atomic E-state index is 0.0944. The van der Waals surface area contributed by atoms with E-state index in [9.17, 15) is 0 Å². The Kier molecular flexibility index (Phi) is 7.91. The third-order valence-electron chi connectivity index (χ3n) is 12.4. The van der Waals surface area contributed by atoms with Gasteiger partial charge in [0.25, 0.3) is 0 Å². The van der Waals surface area contributed by atoms with E-state index in [4.69, 9.17) is 0 Å². The molecule has 0 unspecified atom stereocenters. The molecule has 10 aromatic carbocycles. The van der Waals surface area contributed by atoms with E-state index in [1.807, 2.05) is 0 Å². The van der Waals surface area contributed by atoms with Crippen molar-refractivity contribution < 1.29 is 0 Å². The second-order valence-electron chi connectivity index (χ2n) is 16.1. The van der Waals surface area contributed by atoms with Crippen molar-refractivity contribution in [2.45, 2.75) is 19.3 Å². The van der Waals surface area contributed by atoms with Gasteiger partial charge in [-0.1, -0.05) is 190 Å². The molecular formula is C57H41N. The van der Waals surface area contributed by atoms with Crippen molar-refractivity contribution in [2.75, 3.05) is 4.90 Å². The number of hydrogen-bond acceptors (Lipinski definition) is 1. The van der Waals surface area contributed by atoms with Crippen molar-refractivity contribution in [1.29, 1.82) is 0 Å². The molecule has 1 aliphatic carbocycles. The van der Waals surface area contributed by atoms with Gasteiger partial charge in [0.15, 0.2) is 0 Å².